The summed E-state index contributed by atoms with van der Waals surface area (Å²) in [5, 5.41) is 0. The van der Waals surface area contributed by atoms with Gasteiger partial charge in [0, 0.05) is 51.0 Å². The molecule has 2 saturated heterocycles. The molecular formula is C17H26N6O2. The van der Waals surface area contributed by atoms with Crippen LogP contribution < -0.4 is 10.6 Å². The van der Waals surface area contributed by atoms with Crippen LogP contribution in [0, 0.1) is 5.92 Å². The van der Waals surface area contributed by atoms with E-state index in [2.05, 4.69) is 21.8 Å². The molecule has 1 aromatic rings. The average molecular weight is 346 g/mol. The third-order valence-corrected chi connectivity index (χ3v) is 5.07. The van der Waals surface area contributed by atoms with Crippen LogP contribution in [0.1, 0.15) is 25.5 Å². The molecule has 3 amide bonds. The fraction of sp³-hybridized carbons (Fsp3) is 0.647. The molecule has 1 aromatic heterocycles. The highest BCUT2D eigenvalue weighted by Gasteiger charge is 2.32. The van der Waals surface area contributed by atoms with Crippen LogP contribution in [0.2, 0.25) is 0 Å². The van der Waals surface area contributed by atoms with Crippen molar-refractivity contribution in [1.82, 2.24) is 19.8 Å². The Hall–Kier alpha value is -2.38. The van der Waals surface area contributed by atoms with Crippen LogP contribution in [0.25, 0.3) is 0 Å². The van der Waals surface area contributed by atoms with Gasteiger partial charge in [-0.05, 0) is 19.3 Å². The Labute approximate surface area is 148 Å². The molecule has 8 heteroatoms. The summed E-state index contributed by atoms with van der Waals surface area (Å²) in [6.07, 6.45) is 4.15. The molecule has 25 heavy (non-hydrogen) atoms. The molecule has 2 aliphatic rings. The van der Waals surface area contributed by atoms with Gasteiger partial charge in [0.25, 0.3) is 0 Å². The normalized spacial score (nSPS) is 21.3. The van der Waals surface area contributed by atoms with Crippen LogP contribution >= 0.6 is 0 Å². The zero-order chi connectivity index (χ0) is 17.8. The SMILES string of the molecule is CCc1cc(N2CCN(C(=O)[C@@H]3CCCN(C(N)=O)C3)CC2)ncn1. The number of nitrogens with zero attached hydrogens (tertiary/aromatic N) is 5. The molecule has 2 N–H and O–H groups in total. The molecule has 1 atom stereocenters. The predicted molar refractivity (Wildman–Crippen MR) is 94.1 cm³/mol. The van der Waals surface area contributed by atoms with Gasteiger partial charge in [-0.15, -0.1) is 0 Å². The summed E-state index contributed by atoms with van der Waals surface area (Å²) in [6.45, 7) is 6.05. The van der Waals surface area contributed by atoms with Gasteiger partial charge >= 0.3 is 6.03 Å². The number of likely N-dealkylation sites (tertiary alicyclic amines) is 1. The number of carbonyl (C=O) groups excluding carboxylic acids is 2. The molecule has 0 aromatic carbocycles. The second-order valence-electron chi connectivity index (χ2n) is 6.66. The first-order valence-corrected chi connectivity index (χ1v) is 8.97. The quantitative estimate of drug-likeness (QED) is 0.859. The van der Waals surface area contributed by atoms with Crippen LogP contribution in [0.5, 0.6) is 0 Å². The Morgan fingerprint density at radius 1 is 1.16 bits per heavy atom. The maximum Gasteiger partial charge on any atom is 0.314 e. The third kappa shape index (κ3) is 4.00. The molecule has 8 nitrogen and oxygen atoms in total. The van der Waals surface area contributed by atoms with Gasteiger partial charge in [0.15, 0.2) is 0 Å². The molecule has 2 fully saturated rings. The molecule has 0 radical (unpaired) electrons. The standard InChI is InChI=1S/C17H26N6O2/c1-2-14-10-15(20-12-19-14)21-6-8-22(9-7-21)16(24)13-4-3-5-23(11-13)17(18)25/h10,12-13H,2-9,11H2,1H3,(H2,18,25)/t13-/m1/s1. The lowest BCUT2D eigenvalue weighted by Crippen LogP contribution is -2.53. The number of aryl methyl sites for hydroxylation is 1. The minimum Gasteiger partial charge on any atom is -0.353 e. The largest absolute Gasteiger partial charge is 0.353 e. The summed E-state index contributed by atoms with van der Waals surface area (Å²) in [5.74, 6) is 0.942. The number of rotatable bonds is 3. The van der Waals surface area contributed by atoms with E-state index in [0.717, 1.165) is 43.9 Å². The fourth-order valence-electron chi connectivity index (χ4n) is 3.55. The minimum atomic E-state index is -0.433. The van der Waals surface area contributed by atoms with E-state index in [-0.39, 0.29) is 11.8 Å². The fourth-order valence-corrected chi connectivity index (χ4v) is 3.55. The summed E-state index contributed by atoms with van der Waals surface area (Å²) in [5.41, 5.74) is 6.38. The lowest BCUT2D eigenvalue weighted by atomic mass is 9.96. The Morgan fingerprint density at radius 3 is 2.60 bits per heavy atom. The van der Waals surface area contributed by atoms with Gasteiger partial charge in [-0.25, -0.2) is 14.8 Å². The molecule has 2 aliphatic heterocycles. The van der Waals surface area contributed by atoms with Crippen molar-refractivity contribution in [3.63, 3.8) is 0 Å². The van der Waals surface area contributed by atoms with Crippen molar-refractivity contribution in [2.45, 2.75) is 26.2 Å². The van der Waals surface area contributed by atoms with E-state index >= 15 is 0 Å². The van der Waals surface area contributed by atoms with Crippen molar-refractivity contribution in [3.8, 4) is 0 Å². The zero-order valence-electron chi connectivity index (χ0n) is 14.7. The highest BCUT2D eigenvalue weighted by Crippen LogP contribution is 2.21. The van der Waals surface area contributed by atoms with E-state index < -0.39 is 6.03 Å². The number of amides is 3. The number of piperazine rings is 1. The van der Waals surface area contributed by atoms with Gasteiger partial charge in [-0.2, -0.15) is 0 Å². The van der Waals surface area contributed by atoms with Crippen LogP contribution in [0.3, 0.4) is 0 Å². The van der Waals surface area contributed by atoms with E-state index in [9.17, 15) is 9.59 Å². The Morgan fingerprint density at radius 2 is 1.92 bits per heavy atom. The van der Waals surface area contributed by atoms with E-state index in [0.29, 0.717) is 26.2 Å². The van der Waals surface area contributed by atoms with Crippen LogP contribution in [-0.4, -0.2) is 71.0 Å². The Balaban J connectivity index is 1.56. The first-order valence-electron chi connectivity index (χ1n) is 8.97. The highest BCUT2D eigenvalue weighted by atomic mass is 16.2. The van der Waals surface area contributed by atoms with E-state index in [1.54, 1.807) is 11.2 Å². The number of hydrogen-bond donors (Lipinski definition) is 1. The lowest BCUT2D eigenvalue weighted by Gasteiger charge is -2.39. The lowest BCUT2D eigenvalue weighted by molar-refractivity contribution is -0.137. The number of hydrogen-bond acceptors (Lipinski definition) is 5. The first-order chi connectivity index (χ1) is 12.1. The van der Waals surface area contributed by atoms with Gasteiger partial charge < -0.3 is 20.4 Å². The summed E-state index contributed by atoms with van der Waals surface area (Å²) in [6, 6.07) is 1.58. The summed E-state index contributed by atoms with van der Waals surface area (Å²) in [7, 11) is 0. The van der Waals surface area contributed by atoms with E-state index in [1.165, 1.54) is 0 Å². The number of aromatic nitrogens is 2. The first kappa shape index (κ1) is 17.4. The number of anilines is 1. The smallest absolute Gasteiger partial charge is 0.314 e. The molecule has 0 bridgehead atoms. The van der Waals surface area contributed by atoms with Gasteiger partial charge in [-0.3, -0.25) is 4.79 Å². The molecule has 3 rings (SSSR count). The summed E-state index contributed by atoms with van der Waals surface area (Å²) < 4.78 is 0. The summed E-state index contributed by atoms with van der Waals surface area (Å²) in [4.78, 5) is 38.4. The van der Waals surface area contributed by atoms with Crippen LogP contribution in [-0.2, 0) is 11.2 Å². The van der Waals surface area contributed by atoms with Crippen molar-refractivity contribution in [3.05, 3.63) is 18.1 Å². The second-order valence-corrected chi connectivity index (χ2v) is 6.66. The topological polar surface area (TPSA) is 95.7 Å². The van der Waals surface area contributed by atoms with E-state index in [1.807, 2.05) is 11.0 Å². The molecule has 0 unspecified atom stereocenters. The molecule has 0 saturated carbocycles. The van der Waals surface area contributed by atoms with Crippen molar-refractivity contribution >= 4 is 17.8 Å². The van der Waals surface area contributed by atoms with Gasteiger partial charge in [-0.1, -0.05) is 6.92 Å². The molecule has 0 aliphatic carbocycles. The van der Waals surface area contributed by atoms with Crippen molar-refractivity contribution in [1.29, 1.82) is 0 Å². The zero-order valence-corrected chi connectivity index (χ0v) is 14.7. The van der Waals surface area contributed by atoms with Crippen molar-refractivity contribution in [2.75, 3.05) is 44.2 Å². The average Bonchev–Trinajstić information content (AvgIpc) is 2.67. The van der Waals surface area contributed by atoms with Crippen molar-refractivity contribution < 1.29 is 9.59 Å². The number of carbonyl (C=O) groups is 2. The van der Waals surface area contributed by atoms with Crippen molar-refractivity contribution in [2.24, 2.45) is 11.7 Å². The number of primary amides is 1. The maximum atomic E-state index is 12.8. The molecule has 136 valence electrons. The summed E-state index contributed by atoms with van der Waals surface area (Å²) >= 11 is 0. The number of urea groups is 1. The van der Waals surface area contributed by atoms with Gasteiger partial charge in [0.05, 0.1) is 5.92 Å². The number of piperidine rings is 1. The Kier molecular flexibility index (Phi) is 5.35. The number of nitrogens with two attached hydrogens (primary N) is 1. The highest BCUT2D eigenvalue weighted by molar-refractivity contribution is 5.81. The molecule has 3 heterocycles. The van der Waals surface area contributed by atoms with Crippen LogP contribution in [0.4, 0.5) is 10.6 Å². The minimum absolute atomic E-state index is 0.126. The van der Waals surface area contributed by atoms with Crippen LogP contribution in [0.15, 0.2) is 12.4 Å². The second kappa shape index (κ2) is 7.67. The molecular weight excluding hydrogens is 320 g/mol. The predicted octanol–water partition coefficient (Wildman–Crippen LogP) is 0.478. The van der Waals surface area contributed by atoms with Gasteiger partial charge in [0.1, 0.15) is 12.1 Å². The third-order valence-electron chi connectivity index (χ3n) is 5.07. The maximum absolute atomic E-state index is 12.8. The monoisotopic (exact) mass is 346 g/mol. The Bertz CT molecular complexity index is 629. The molecule has 0 spiro atoms. The van der Waals surface area contributed by atoms with E-state index in [4.69, 9.17) is 5.73 Å². The van der Waals surface area contributed by atoms with Gasteiger partial charge in [0.2, 0.25) is 5.91 Å².